The molecule has 0 aromatic heterocycles. The van der Waals surface area contributed by atoms with Gasteiger partial charge in [-0.1, -0.05) is 42.5 Å². The van der Waals surface area contributed by atoms with Crippen molar-refractivity contribution in [3.05, 3.63) is 130 Å². The van der Waals surface area contributed by atoms with Crippen molar-refractivity contribution in [2.75, 3.05) is 0 Å². The second-order valence-corrected chi connectivity index (χ2v) is 8.08. The van der Waals surface area contributed by atoms with Crippen LogP contribution in [0.2, 0.25) is 0 Å². The Morgan fingerprint density at radius 3 is 0.929 bits per heavy atom. The molecule has 0 aliphatic carbocycles. The van der Waals surface area contributed by atoms with Crippen LogP contribution >= 0.6 is 0 Å². The van der Waals surface area contributed by atoms with Crippen molar-refractivity contribution < 1.29 is 59.4 Å². The summed E-state index contributed by atoms with van der Waals surface area (Å²) in [4.78, 5) is 63.7. The highest BCUT2D eigenvalue weighted by atomic mass is 16.4. The molecule has 12 nitrogen and oxygen atoms in total. The van der Waals surface area contributed by atoms with Gasteiger partial charge in [-0.15, -0.1) is 0 Å². The van der Waals surface area contributed by atoms with Crippen molar-refractivity contribution in [1.29, 1.82) is 0 Å². The lowest BCUT2D eigenvalue weighted by Crippen LogP contribution is -2.03. The molecular weight excluding hydrogens is 552 g/mol. The Kier molecular flexibility index (Phi) is 11.2. The molecule has 0 atom stereocenters. The number of hydrogen-bond donors (Lipinski definition) is 6. The van der Waals surface area contributed by atoms with E-state index in [4.69, 9.17) is 30.6 Å². The molecule has 4 rings (SSSR count). The molecule has 0 spiro atoms. The zero-order valence-corrected chi connectivity index (χ0v) is 21.4. The van der Waals surface area contributed by atoms with Gasteiger partial charge in [-0.25, -0.2) is 28.8 Å². The molecule has 4 aromatic carbocycles. The maximum Gasteiger partial charge on any atom is 0.336 e. The van der Waals surface area contributed by atoms with Crippen LogP contribution in [-0.4, -0.2) is 66.5 Å². The zero-order valence-electron chi connectivity index (χ0n) is 21.4. The van der Waals surface area contributed by atoms with Gasteiger partial charge in [-0.2, -0.15) is 0 Å². The third-order valence-corrected chi connectivity index (χ3v) is 5.34. The number of benzene rings is 4. The van der Waals surface area contributed by atoms with Crippen LogP contribution in [0.1, 0.15) is 62.1 Å². The van der Waals surface area contributed by atoms with E-state index in [0.29, 0.717) is 11.1 Å². The monoisotopic (exact) mass is 574 g/mol. The molecule has 12 heteroatoms. The van der Waals surface area contributed by atoms with Crippen molar-refractivity contribution in [2.24, 2.45) is 0 Å². The van der Waals surface area contributed by atoms with E-state index in [1.165, 1.54) is 54.6 Å². The molecule has 0 bridgehead atoms. The Hall–Kier alpha value is -6.30. The lowest BCUT2D eigenvalue weighted by molar-refractivity contribution is 0.0680. The third-order valence-electron chi connectivity index (χ3n) is 5.34. The topological polar surface area (TPSA) is 224 Å². The van der Waals surface area contributed by atoms with E-state index in [1.807, 2.05) is 0 Å². The van der Waals surface area contributed by atoms with Crippen LogP contribution in [0.15, 0.2) is 97.1 Å². The Morgan fingerprint density at radius 2 is 0.643 bits per heavy atom. The predicted octanol–water partition coefficient (Wildman–Crippen LogP) is 4.92. The highest BCUT2D eigenvalue weighted by Gasteiger charge is 2.16. The van der Waals surface area contributed by atoms with Gasteiger partial charge in [0.05, 0.1) is 33.4 Å². The van der Waals surface area contributed by atoms with Gasteiger partial charge in [0.15, 0.2) is 0 Å². The average molecular weight is 574 g/mol. The molecule has 0 radical (unpaired) electrons. The summed E-state index contributed by atoms with van der Waals surface area (Å²) < 4.78 is 0. The first kappa shape index (κ1) is 31.9. The van der Waals surface area contributed by atoms with Gasteiger partial charge in [0.25, 0.3) is 0 Å². The van der Waals surface area contributed by atoms with Gasteiger partial charge in [0, 0.05) is 0 Å². The van der Waals surface area contributed by atoms with Crippen LogP contribution in [-0.2, 0) is 0 Å². The molecule has 214 valence electrons. The maximum absolute atomic E-state index is 11.1. The highest BCUT2D eigenvalue weighted by Crippen LogP contribution is 2.27. The predicted molar refractivity (Wildman–Crippen MR) is 147 cm³/mol. The summed E-state index contributed by atoms with van der Waals surface area (Å²) in [6.07, 6.45) is 0. The Balaban J connectivity index is 0.000000228. The molecule has 0 saturated heterocycles. The fourth-order valence-corrected chi connectivity index (χ4v) is 3.35. The lowest BCUT2D eigenvalue weighted by atomic mass is 9.95. The number of carboxylic acids is 6. The Labute approximate surface area is 237 Å². The van der Waals surface area contributed by atoms with Crippen molar-refractivity contribution in [2.45, 2.75) is 0 Å². The number of rotatable bonds is 7. The second-order valence-electron chi connectivity index (χ2n) is 8.08. The molecule has 42 heavy (non-hydrogen) atoms. The van der Waals surface area contributed by atoms with Crippen LogP contribution in [0.4, 0.5) is 0 Å². The number of hydrogen-bond acceptors (Lipinski definition) is 6. The van der Waals surface area contributed by atoms with Gasteiger partial charge in [0.1, 0.15) is 0 Å². The van der Waals surface area contributed by atoms with E-state index >= 15 is 0 Å². The van der Waals surface area contributed by atoms with Gasteiger partial charge in [-0.05, 0) is 65.7 Å². The minimum atomic E-state index is -1.13. The van der Waals surface area contributed by atoms with Crippen molar-refractivity contribution in [3.63, 3.8) is 0 Å². The van der Waals surface area contributed by atoms with E-state index in [9.17, 15) is 28.8 Å². The summed E-state index contributed by atoms with van der Waals surface area (Å²) in [6, 6.07) is 22.9. The van der Waals surface area contributed by atoms with E-state index in [0.717, 1.165) is 6.07 Å². The molecule has 6 N–H and O–H groups in total. The van der Waals surface area contributed by atoms with Crippen LogP contribution in [0.25, 0.3) is 11.1 Å². The molecule has 0 unspecified atom stereocenters. The Bertz CT molecular complexity index is 1520. The molecule has 0 fully saturated rings. The van der Waals surface area contributed by atoms with E-state index < -0.39 is 35.8 Å². The average Bonchev–Trinajstić information content (AvgIpc) is 2.97. The minimum absolute atomic E-state index is 0.0186. The van der Waals surface area contributed by atoms with Crippen LogP contribution in [0.3, 0.4) is 0 Å². The minimum Gasteiger partial charge on any atom is -0.478 e. The summed E-state index contributed by atoms with van der Waals surface area (Å²) in [7, 11) is 0. The summed E-state index contributed by atoms with van der Waals surface area (Å²) in [5.41, 5.74) is 1.12. The molecule has 0 heterocycles. The van der Waals surface area contributed by atoms with Gasteiger partial charge in [-0.3, -0.25) is 0 Å². The SMILES string of the molecule is O=C(O)c1ccc(C(=O)O)cc1.O=C(O)c1cccc(C(=O)O)c1.O=C(O)c1ccccc1-c1ccccc1C(=O)O. The van der Waals surface area contributed by atoms with Gasteiger partial charge in [0.2, 0.25) is 0 Å². The van der Waals surface area contributed by atoms with Crippen LogP contribution < -0.4 is 0 Å². The van der Waals surface area contributed by atoms with Crippen LogP contribution in [0.5, 0.6) is 0 Å². The Morgan fingerprint density at radius 1 is 0.333 bits per heavy atom. The number of carboxylic acid groups (broad SMARTS) is 6. The first-order valence-corrected chi connectivity index (χ1v) is 11.6. The van der Waals surface area contributed by atoms with Crippen molar-refractivity contribution in [3.8, 4) is 11.1 Å². The van der Waals surface area contributed by atoms with E-state index in [2.05, 4.69) is 0 Å². The van der Waals surface area contributed by atoms with E-state index in [1.54, 1.807) is 36.4 Å². The quantitative estimate of drug-likeness (QED) is 0.173. The largest absolute Gasteiger partial charge is 0.478 e. The molecule has 0 saturated carbocycles. The summed E-state index contributed by atoms with van der Waals surface area (Å²) >= 11 is 0. The lowest BCUT2D eigenvalue weighted by Gasteiger charge is -2.08. The second kappa shape index (κ2) is 14.7. The van der Waals surface area contributed by atoms with Gasteiger partial charge >= 0.3 is 35.8 Å². The van der Waals surface area contributed by atoms with Crippen molar-refractivity contribution >= 4 is 35.8 Å². The zero-order chi connectivity index (χ0) is 31.4. The molecule has 0 aliphatic heterocycles. The maximum atomic E-state index is 11.1. The summed E-state index contributed by atoms with van der Waals surface area (Å²) in [5.74, 6) is -6.54. The van der Waals surface area contributed by atoms with Crippen molar-refractivity contribution in [1.82, 2.24) is 0 Å². The number of aromatic carboxylic acids is 6. The highest BCUT2D eigenvalue weighted by molar-refractivity contribution is 6.02. The molecular formula is C30H22O12. The van der Waals surface area contributed by atoms with Gasteiger partial charge < -0.3 is 30.6 Å². The van der Waals surface area contributed by atoms with Crippen LogP contribution in [0, 0.1) is 0 Å². The fraction of sp³-hybridized carbons (Fsp3) is 0. The number of carbonyl (C=O) groups is 6. The first-order chi connectivity index (χ1) is 19.8. The smallest absolute Gasteiger partial charge is 0.336 e. The third kappa shape index (κ3) is 8.88. The standard InChI is InChI=1S/C14H10O4.2C8H6O4/c15-13(16)11-7-3-1-5-9(11)10-6-2-4-8-12(10)14(17)18;9-7(10)5-1-2-6(4-3-5)8(11)12;9-7(10)5-2-1-3-6(4-5)8(11)12/h1-8H,(H,15,16)(H,17,18);2*1-4H,(H,9,10)(H,11,12). The first-order valence-electron chi connectivity index (χ1n) is 11.6. The molecule has 0 amide bonds. The normalized spacial score (nSPS) is 9.62. The summed E-state index contributed by atoms with van der Waals surface area (Å²) in [6.45, 7) is 0. The molecule has 0 aliphatic rings. The summed E-state index contributed by atoms with van der Waals surface area (Å²) in [5, 5.41) is 52.1. The van der Waals surface area contributed by atoms with E-state index in [-0.39, 0.29) is 33.4 Å². The molecule has 4 aromatic rings. The fourth-order valence-electron chi connectivity index (χ4n) is 3.35.